The van der Waals surface area contributed by atoms with E-state index in [-0.39, 0.29) is 25.4 Å². The molecule has 0 spiro atoms. The van der Waals surface area contributed by atoms with Crippen molar-refractivity contribution in [2.45, 2.75) is 25.6 Å². The normalized spacial score (nSPS) is 18.9. The van der Waals surface area contributed by atoms with Crippen LogP contribution in [0.4, 0.5) is 13.2 Å². The smallest absolute Gasteiger partial charge is 0.341 e. The van der Waals surface area contributed by atoms with Crippen molar-refractivity contribution in [2.24, 2.45) is 5.92 Å². The van der Waals surface area contributed by atoms with E-state index in [1.165, 1.54) is 4.90 Å². The molecule has 0 bridgehead atoms. The van der Waals surface area contributed by atoms with Crippen LogP contribution in [0.3, 0.4) is 0 Å². The summed E-state index contributed by atoms with van der Waals surface area (Å²) in [4.78, 5) is 20.0. The number of nitrogens with zero attached hydrogens (tertiary/aromatic N) is 3. The van der Waals surface area contributed by atoms with Crippen molar-refractivity contribution in [2.75, 3.05) is 26.7 Å². The van der Waals surface area contributed by atoms with Crippen molar-refractivity contribution >= 4 is 27.5 Å². The van der Waals surface area contributed by atoms with Crippen LogP contribution in [0.1, 0.15) is 17.8 Å². The molecule has 0 saturated carbocycles. The number of carbonyl (C=O) groups excluding carboxylic acids is 1. The van der Waals surface area contributed by atoms with Crippen LogP contribution in [0.5, 0.6) is 0 Å². The summed E-state index contributed by atoms with van der Waals surface area (Å²) in [5.41, 5.74) is 0.922. The van der Waals surface area contributed by atoms with E-state index in [2.05, 4.69) is 4.98 Å². The Bertz CT molecular complexity index is 713. The Morgan fingerprint density at radius 3 is 2.88 bits per heavy atom. The van der Waals surface area contributed by atoms with E-state index in [0.717, 1.165) is 15.2 Å². The number of aromatic nitrogens is 1. The summed E-state index contributed by atoms with van der Waals surface area (Å²) in [7, 11) is 1.79. The van der Waals surface area contributed by atoms with Crippen molar-refractivity contribution in [3.8, 4) is 0 Å². The van der Waals surface area contributed by atoms with E-state index in [4.69, 9.17) is 0 Å². The van der Waals surface area contributed by atoms with Gasteiger partial charge < -0.3 is 4.90 Å². The third kappa shape index (κ3) is 4.49. The molecule has 1 atom stereocenters. The van der Waals surface area contributed by atoms with Crippen molar-refractivity contribution < 1.29 is 18.0 Å². The summed E-state index contributed by atoms with van der Waals surface area (Å²) in [6, 6.07) is 7.80. The number of fused-ring (bicyclic) bond motifs is 1. The number of para-hydroxylation sites is 1. The Kier molecular flexibility index (Phi) is 5.29. The molecule has 1 saturated heterocycles. The van der Waals surface area contributed by atoms with Gasteiger partial charge >= 0.3 is 6.18 Å². The van der Waals surface area contributed by atoms with Gasteiger partial charge in [-0.15, -0.1) is 11.3 Å². The lowest BCUT2D eigenvalue weighted by Gasteiger charge is -2.34. The average molecular weight is 371 g/mol. The molecule has 4 nitrogen and oxygen atoms in total. The summed E-state index contributed by atoms with van der Waals surface area (Å²) in [6.45, 7) is 0.778. The quantitative estimate of drug-likeness (QED) is 0.825. The largest absolute Gasteiger partial charge is 0.393 e. The highest BCUT2D eigenvalue weighted by molar-refractivity contribution is 7.18. The lowest BCUT2D eigenvalue weighted by atomic mass is 9.97. The molecule has 0 N–H and O–H groups in total. The van der Waals surface area contributed by atoms with Gasteiger partial charge in [0.15, 0.2) is 0 Å². The van der Waals surface area contributed by atoms with Gasteiger partial charge in [-0.1, -0.05) is 12.1 Å². The Morgan fingerprint density at radius 2 is 2.16 bits per heavy atom. The van der Waals surface area contributed by atoms with Gasteiger partial charge in [0.1, 0.15) is 5.01 Å². The molecule has 1 unspecified atom stereocenters. The van der Waals surface area contributed by atoms with Crippen LogP contribution in [0.25, 0.3) is 10.2 Å². The molecular formula is C17H20F3N3OS. The first-order valence-corrected chi connectivity index (χ1v) is 9.02. The van der Waals surface area contributed by atoms with Gasteiger partial charge in [0.2, 0.25) is 5.91 Å². The maximum absolute atomic E-state index is 12.9. The van der Waals surface area contributed by atoms with Crippen LogP contribution in [-0.2, 0) is 11.3 Å². The first-order valence-electron chi connectivity index (χ1n) is 8.20. The number of hydrogen-bond acceptors (Lipinski definition) is 4. The fourth-order valence-electron chi connectivity index (χ4n) is 3.08. The monoisotopic (exact) mass is 371 g/mol. The van der Waals surface area contributed by atoms with E-state index < -0.39 is 12.1 Å². The third-order valence-electron chi connectivity index (χ3n) is 4.39. The second-order valence-electron chi connectivity index (χ2n) is 6.47. The minimum atomic E-state index is -4.23. The van der Waals surface area contributed by atoms with Gasteiger partial charge in [-0.3, -0.25) is 9.69 Å². The molecule has 25 heavy (non-hydrogen) atoms. The van der Waals surface area contributed by atoms with Crippen molar-refractivity contribution in [1.82, 2.24) is 14.8 Å². The highest BCUT2D eigenvalue weighted by Gasteiger charge is 2.42. The maximum Gasteiger partial charge on any atom is 0.393 e. The molecule has 2 aromatic rings. The first-order chi connectivity index (χ1) is 11.8. The maximum atomic E-state index is 12.9. The highest BCUT2D eigenvalue weighted by Crippen LogP contribution is 2.33. The van der Waals surface area contributed by atoms with E-state index in [9.17, 15) is 18.0 Å². The second-order valence-corrected chi connectivity index (χ2v) is 7.58. The predicted octanol–water partition coefficient (Wildman–Crippen LogP) is 3.53. The number of alkyl halides is 3. The molecule has 0 radical (unpaired) electrons. The van der Waals surface area contributed by atoms with Gasteiger partial charge in [-0.25, -0.2) is 4.98 Å². The predicted molar refractivity (Wildman–Crippen MR) is 91.3 cm³/mol. The fourth-order valence-corrected chi connectivity index (χ4v) is 4.12. The number of halogens is 3. The molecule has 1 aliphatic rings. The molecule has 1 aliphatic heterocycles. The van der Waals surface area contributed by atoms with Gasteiger partial charge in [0.05, 0.1) is 29.2 Å². The van der Waals surface area contributed by atoms with Gasteiger partial charge in [0.25, 0.3) is 0 Å². The Hall–Kier alpha value is -1.67. The van der Waals surface area contributed by atoms with Crippen LogP contribution >= 0.6 is 11.3 Å². The number of rotatable bonds is 4. The molecular weight excluding hydrogens is 351 g/mol. The molecule has 3 rings (SSSR count). The topological polar surface area (TPSA) is 36.4 Å². The molecule has 0 aliphatic carbocycles. The van der Waals surface area contributed by atoms with Crippen molar-refractivity contribution in [3.63, 3.8) is 0 Å². The van der Waals surface area contributed by atoms with Crippen LogP contribution in [-0.4, -0.2) is 53.5 Å². The summed E-state index contributed by atoms with van der Waals surface area (Å²) in [5, 5.41) is 0.892. The van der Waals surface area contributed by atoms with E-state index in [1.54, 1.807) is 23.3 Å². The number of benzene rings is 1. The minimum absolute atomic E-state index is 0.0977. The second kappa shape index (κ2) is 7.29. The summed E-state index contributed by atoms with van der Waals surface area (Å²) in [6.07, 6.45) is -3.72. The SMILES string of the molecule is CN(CC(=O)N1CCCC(C(F)(F)F)C1)Cc1nc2ccccc2s1. The number of likely N-dealkylation sites (N-methyl/N-ethyl adjacent to an activating group) is 1. The number of carbonyl (C=O) groups is 1. The summed E-state index contributed by atoms with van der Waals surface area (Å²) in [5.74, 6) is -1.66. The summed E-state index contributed by atoms with van der Waals surface area (Å²) < 4.78 is 39.7. The zero-order valence-corrected chi connectivity index (χ0v) is 14.7. The molecule has 1 amide bonds. The number of amides is 1. The number of hydrogen-bond donors (Lipinski definition) is 0. The number of piperidine rings is 1. The standard InChI is InChI=1S/C17H20F3N3OS/c1-22(10-15-21-13-6-2-3-7-14(13)25-15)11-16(24)23-8-4-5-12(9-23)17(18,19)20/h2-3,6-7,12H,4-5,8-11H2,1H3. The van der Waals surface area contributed by atoms with Crippen LogP contribution in [0.15, 0.2) is 24.3 Å². The van der Waals surface area contributed by atoms with Crippen LogP contribution < -0.4 is 0 Å². The van der Waals surface area contributed by atoms with E-state index in [0.29, 0.717) is 19.5 Å². The zero-order valence-electron chi connectivity index (χ0n) is 13.9. The molecule has 1 aromatic heterocycles. The van der Waals surface area contributed by atoms with Crippen LogP contribution in [0, 0.1) is 5.92 Å². The van der Waals surface area contributed by atoms with Crippen LogP contribution in [0.2, 0.25) is 0 Å². The lowest BCUT2D eigenvalue weighted by Crippen LogP contribution is -2.47. The minimum Gasteiger partial charge on any atom is -0.341 e. The van der Waals surface area contributed by atoms with Gasteiger partial charge in [-0.05, 0) is 32.0 Å². The molecule has 136 valence electrons. The van der Waals surface area contributed by atoms with Crippen molar-refractivity contribution in [1.29, 1.82) is 0 Å². The first kappa shape index (κ1) is 18.1. The van der Waals surface area contributed by atoms with E-state index in [1.807, 2.05) is 24.3 Å². The van der Waals surface area contributed by atoms with Gasteiger partial charge in [0, 0.05) is 13.1 Å². The summed E-state index contributed by atoms with van der Waals surface area (Å²) >= 11 is 1.57. The fraction of sp³-hybridized carbons (Fsp3) is 0.529. The van der Waals surface area contributed by atoms with Gasteiger partial charge in [-0.2, -0.15) is 13.2 Å². The molecule has 8 heteroatoms. The lowest BCUT2D eigenvalue weighted by molar-refractivity contribution is -0.188. The van der Waals surface area contributed by atoms with Crippen molar-refractivity contribution in [3.05, 3.63) is 29.3 Å². The Balaban J connectivity index is 1.56. The number of thiazole rings is 1. The zero-order chi connectivity index (χ0) is 18.0. The third-order valence-corrected chi connectivity index (χ3v) is 5.41. The molecule has 2 heterocycles. The molecule has 1 fully saturated rings. The Morgan fingerprint density at radius 1 is 1.40 bits per heavy atom. The molecule has 1 aromatic carbocycles. The Labute approximate surface area is 148 Å². The number of likely N-dealkylation sites (tertiary alicyclic amines) is 1. The average Bonchev–Trinajstić information content (AvgIpc) is 2.96. The van der Waals surface area contributed by atoms with E-state index >= 15 is 0 Å². The highest BCUT2D eigenvalue weighted by atomic mass is 32.1.